The maximum atomic E-state index is 13.9. The van der Waals surface area contributed by atoms with Crippen molar-refractivity contribution >= 4 is 46.6 Å². The van der Waals surface area contributed by atoms with Crippen LogP contribution in [0.15, 0.2) is 42.5 Å². The molecule has 7 nitrogen and oxygen atoms in total. The van der Waals surface area contributed by atoms with Crippen LogP contribution in [0.5, 0.6) is 0 Å². The molecule has 2 aliphatic rings. The monoisotopic (exact) mass is 512 g/mol. The highest BCUT2D eigenvalue weighted by Crippen LogP contribution is 2.47. The summed E-state index contributed by atoms with van der Waals surface area (Å²) in [6, 6.07) is 11.1. The minimum atomic E-state index is -0.979. The zero-order valence-corrected chi connectivity index (χ0v) is 21.2. The molecule has 0 aromatic heterocycles. The molecule has 0 bridgehead atoms. The van der Waals surface area contributed by atoms with Gasteiger partial charge in [-0.05, 0) is 42.2 Å². The summed E-state index contributed by atoms with van der Waals surface area (Å²) in [6.45, 7) is 11.8. The van der Waals surface area contributed by atoms with E-state index in [4.69, 9.17) is 29.8 Å². The molecule has 0 radical (unpaired) electrons. The summed E-state index contributed by atoms with van der Waals surface area (Å²) in [5.41, 5.74) is 0.800. The van der Waals surface area contributed by atoms with Crippen LogP contribution in [0.1, 0.15) is 42.6 Å². The fourth-order valence-corrected chi connectivity index (χ4v) is 5.57. The topological polar surface area (TPSA) is 74.1 Å². The van der Waals surface area contributed by atoms with E-state index < -0.39 is 23.5 Å². The maximum absolute atomic E-state index is 13.9. The molecule has 2 aliphatic heterocycles. The van der Waals surface area contributed by atoms with Crippen molar-refractivity contribution in [2.45, 2.75) is 44.3 Å². The predicted molar refractivity (Wildman–Crippen MR) is 135 cm³/mol. The third-order valence-electron chi connectivity index (χ3n) is 6.77. The number of amides is 3. The Bertz CT molecular complexity index is 1220. The van der Waals surface area contributed by atoms with Crippen molar-refractivity contribution in [3.8, 4) is 0 Å². The van der Waals surface area contributed by atoms with Crippen molar-refractivity contribution in [3.05, 3.63) is 75.1 Å². The van der Waals surface area contributed by atoms with Gasteiger partial charge in [0.05, 0.1) is 6.42 Å². The molecule has 3 atom stereocenters. The Hall–Kier alpha value is -3.08. The van der Waals surface area contributed by atoms with Gasteiger partial charge in [-0.15, -0.1) is 0 Å². The highest BCUT2D eigenvalue weighted by atomic mass is 35.5. The lowest BCUT2D eigenvalue weighted by Crippen LogP contribution is -2.51. The number of carbonyl (C=O) groups excluding carboxylic acids is 3. The molecular weight excluding hydrogens is 487 g/mol. The Morgan fingerprint density at radius 3 is 2.51 bits per heavy atom. The SMILES string of the molecule is [C-]#[N+][C@@H]1C[C@@]2(CN1C(=O)[C@H](CC(C)C)N(C)C(=O)c1cc(Cl)cc(Cl)c1)C(=O)Nc1ccccc12. The van der Waals surface area contributed by atoms with Crippen molar-refractivity contribution in [3.63, 3.8) is 0 Å². The molecule has 1 spiro atoms. The van der Waals surface area contributed by atoms with Gasteiger partial charge in [-0.2, -0.15) is 0 Å². The summed E-state index contributed by atoms with van der Waals surface area (Å²) in [7, 11) is 1.57. The number of hydrogen-bond donors (Lipinski definition) is 1. The van der Waals surface area contributed by atoms with Gasteiger partial charge in [0, 0.05) is 34.9 Å². The first kappa shape index (κ1) is 25.0. The number of carbonyl (C=O) groups is 3. The van der Waals surface area contributed by atoms with Crippen molar-refractivity contribution in [1.82, 2.24) is 9.80 Å². The lowest BCUT2D eigenvalue weighted by atomic mass is 9.80. The number of anilines is 1. The summed E-state index contributed by atoms with van der Waals surface area (Å²) in [5, 5.41) is 3.54. The molecule has 0 aliphatic carbocycles. The summed E-state index contributed by atoms with van der Waals surface area (Å²) < 4.78 is 0. The summed E-state index contributed by atoms with van der Waals surface area (Å²) in [5.74, 6) is -0.856. The van der Waals surface area contributed by atoms with Crippen molar-refractivity contribution in [2.24, 2.45) is 5.92 Å². The van der Waals surface area contributed by atoms with Crippen molar-refractivity contribution in [1.29, 1.82) is 0 Å². The van der Waals surface area contributed by atoms with Crippen LogP contribution < -0.4 is 5.32 Å². The first-order valence-electron chi connectivity index (χ1n) is 11.4. The summed E-state index contributed by atoms with van der Waals surface area (Å²) in [4.78, 5) is 46.9. The molecular formula is C26H26Cl2N4O3. The Balaban J connectivity index is 1.66. The second-order valence-corrected chi connectivity index (χ2v) is 10.5. The molecule has 35 heavy (non-hydrogen) atoms. The van der Waals surface area contributed by atoms with Gasteiger partial charge >= 0.3 is 6.17 Å². The van der Waals surface area contributed by atoms with Gasteiger partial charge < -0.3 is 10.2 Å². The normalized spacial score (nSPS) is 21.6. The smallest absolute Gasteiger partial charge is 0.302 e. The molecule has 2 aromatic rings. The molecule has 0 unspecified atom stereocenters. The van der Waals surface area contributed by atoms with Gasteiger partial charge in [0.1, 0.15) is 11.5 Å². The molecule has 182 valence electrons. The number of benzene rings is 2. The molecule has 4 rings (SSSR count). The minimum absolute atomic E-state index is 0.0847. The molecule has 0 saturated carbocycles. The number of hydrogen-bond acceptors (Lipinski definition) is 3. The van der Waals surface area contributed by atoms with E-state index in [0.717, 1.165) is 5.56 Å². The van der Waals surface area contributed by atoms with Crippen LogP contribution in [0.4, 0.5) is 5.69 Å². The Morgan fingerprint density at radius 1 is 1.23 bits per heavy atom. The van der Waals surface area contributed by atoms with Crippen LogP contribution in [-0.2, 0) is 15.0 Å². The van der Waals surface area contributed by atoms with Gasteiger partial charge in [0.2, 0.25) is 5.91 Å². The number of likely N-dealkylation sites (tertiary alicyclic amines) is 1. The Kier molecular flexibility index (Phi) is 6.81. The lowest BCUT2D eigenvalue weighted by Gasteiger charge is -2.32. The van der Waals surface area contributed by atoms with Crippen molar-refractivity contribution in [2.75, 3.05) is 18.9 Å². The molecule has 9 heteroatoms. The van der Waals surface area contributed by atoms with Crippen LogP contribution in [0.25, 0.3) is 4.85 Å². The average molecular weight is 513 g/mol. The number of likely N-dealkylation sites (N-methyl/N-ethyl adjacent to an activating group) is 1. The Morgan fingerprint density at radius 2 is 1.89 bits per heavy atom. The van der Waals surface area contributed by atoms with E-state index in [-0.39, 0.29) is 36.3 Å². The predicted octanol–water partition coefficient (Wildman–Crippen LogP) is 4.85. The van der Waals surface area contributed by atoms with Gasteiger partial charge in [-0.25, -0.2) is 6.57 Å². The average Bonchev–Trinajstić information content (AvgIpc) is 3.33. The molecule has 2 aromatic carbocycles. The highest BCUT2D eigenvalue weighted by molar-refractivity contribution is 6.35. The highest BCUT2D eigenvalue weighted by Gasteiger charge is 2.59. The lowest BCUT2D eigenvalue weighted by molar-refractivity contribution is -0.136. The second-order valence-electron chi connectivity index (χ2n) is 9.58. The molecule has 1 saturated heterocycles. The molecule has 1 N–H and O–H groups in total. The van der Waals surface area contributed by atoms with Crippen LogP contribution in [0, 0.1) is 12.5 Å². The van der Waals surface area contributed by atoms with Crippen LogP contribution in [0.3, 0.4) is 0 Å². The van der Waals surface area contributed by atoms with Crippen LogP contribution in [0.2, 0.25) is 10.0 Å². The van der Waals surface area contributed by atoms with Crippen molar-refractivity contribution < 1.29 is 14.4 Å². The number of rotatable bonds is 5. The first-order chi connectivity index (χ1) is 16.6. The van der Waals surface area contributed by atoms with E-state index in [9.17, 15) is 14.4 Å². The zero-order valence-electron chi connectivity index (χ0n) is 19.7. The number of fused-ring (bicyclic) bond motifs is 2. The van der Waals surface area contributed by atoms with Gasteiger partial charge in [-0.1, -0.05) is 55.2 Å². The second kappa shape index (κ2) is 9.52. The molecule has 1 fully saturated rings. The largest absolute Gasteiger partial charge is 0.330 e. The van der Waals surface area contributed by atoms with Crippen LogP contribution >= 0.6 is 23.2 Å². The fourth-order valence-electron chi connectivity index (χ4n) is 5.04. The van der Waals surface area contributed by atoms with E-state index in [2.05, 4.69) is 10.2 Å². The van der Waals surface area contributed by atoms with Gasteiger partial charge in [-0.3, -0.25) is 24.1 Å². The van der Waals surface area contributed by atoms with E-state index in [1.807, 2.05) is 38.1 Å². The van der Waals surface area contributed by atoms with Gasteiger partial charge in [0.15, 0.2) is 0 Å². The van der Waals surface area contributed by atoms with E-state index >= 15 is 0 Å². The molecule has 3 amide bonds. The van der Waals surface area contributed by atoms with E-state index in [1.165, 1.54) is 28.0 Å². The standard InChI is InChI=1S/C26H26Cl2N4O3/c1-15(2)9-21(31(4)23(33)16-10-17(27)12-18(28)11-16)24(34)32-14-26(13-22(32)29-3)19-7-5-6-8-20(19)30-25(26)35/h5-8,10-12,15,21-22H,9,13-14H2,1-2,4H3,(H,30,35)/t21-,22-,26-/m0/s1. The summed E-state index contributed by atoms with van der Waals surface area (Å²) in [6.07, 6.45) is -0.203. The minimum Gasteiger partial charge on any atom is -0.330 e. The number of nitrogens with one attached hydrogen (secondary N) is 1. The van der Waals surface area contributed by atoms with E-state index in [1.54, 1.807) is 7.05 Å². The Labute approximate surface area is 214 Å². The maximum Gasteiger partial charge on any atom is 0.302 e. The molecule has 2 heterocycles. The van der Waals surface area contributed by atoms with Crippen LogP contribution in [-0.4, -0.2) is 53.3 Å². The zero-order chi connectivity index (χ0) is 25.5. The number of para-hydroxylation sites is 1. The summed E-state index contributed by atoms with van der Waals surface area (Å²) >= 11 is 12.2. The fraction of sp³-hybridized carbons (Fsp3) is 0.385. The number of nitrogens with zero attached hydrogens (tertiary/aromatic N) is 3. The number of halogens is 2. The quantitative estimate of drug-likeness (QED) is 0.582. The van der Waals surface area contributed by atoms with E-state index in [0.29, 0.717) is 22.2 Å². The third-order valence-corrected chi connectivity index (χ3v) is 7.20. The third kappa shape index (κ3) is 4.49. The van der Waals surface area contributed by atoms with Gasteiger partial charge in [0.25, 0.3) is 11.8 Å². The first-order valence-corrected chi connectivity index (χ1v) is 12.1.